The van der Waals surface area contributed by atoms with E-state index in [2.05, 4.69) is 10.3 Å². The van der Waals surface area contributed by atoms with Crippen LogP contribution in [0.3, 0.4) is 0 Å². The molecule has 0 saturated carbocycles. The van der Waals surface area contributed by atoms with Gasteiger partial charge in [-0.25, -0.2) is 9.78 Å². The number of carbonyl (C=O) groups is 1. The van der Waals surface area contributed by atoms with E-state index < -0.39 is 28.9 Å². The van der Waals surface area contributed by atoms with Gasteiger partial charge in [-0.1, -0.05) is 12.1 Å². The summed E-state index contributed by atoms with van der Waals surface area (Å²) in [5, 5.41) is 2.70. The van der Waals surface area contributed by atoms with Gasteiger partial charge < -0.3 is 5.32 Å². The summed E-state index contributed by atoms with van der Waals surface area (Å²) in [6.45, 7) is 0. The largest absolute Gasteiger partial charge is 0.416 e. The number of pyridine rings is 1. The van der Waals surface area contributed by atoms with Crippen LogP contribution in [-0.2, 0) is 31.5 Å². The summed E-state index contributed by atoms with van der Waals surface area (Å²) < 4.78 is 39.9. The summed E-state index contributed by atoms with van der Waals surface area (Å²) >= 11 is 0. The molecule has 1 aromatic carbocycles. The van der Waals surface area contributed by atoms with Gasteiger partial charge in [-0.15, -0.1) is 0 Å². The molecule has 0 aliphatic heterocycles. The van der Waals surface area contributed by atoms with E-state index in [1.165, 1.54) is 43.1 Å². The lowest BCUT2D eigenvalue weighted by Crippen LogP contribution is -2.37. The second kappa shape index (κ2) is 6.95. The Morgan fingerprint density at radius 3 is 2.36 bits per heavy atom. The molecule has 2 aromatic heterocycles. The van der Waals surface area contributed by atoms with Crippen LogP contribution in [0.15, 0.2) is 46.1 Å². The van der Waals surface area contributed by atoms with E-state index >= 15 is 0 Å². The lowest BCUT2D eigenvalue weighted by atomic mass is 10.1. The van der Waals surface area contributed by atoms with Crippen LogP contribution >= 0.6 is 0 Å². The summed E-state index contributed by atoms with van der Waals surface area (Å²) in [5.74, 6) is -0.484. The maximum absolute atomic E-state index is 12.6. The maximum atomic E-state index is 12.6. The fraction of sp³-hybridized carbons (Fsp3) is 0.222. The fourth-order valence-corrected chi connectivity index (χ4v) is 2.74. The first-order valence-electron chi connectivity index (χ1n) is 8.09. The van der Waals surface area contributed by atoms with E-state index in [0.29, 0.717) is 5.56 Å². The first kappa shape index (κ1) is 19.3. The topological polar surface area (TPSA) is 86.0 Å². The molecule has 0 radical (unpaired) electrons. The third-order valence-electron chi connectivity index (χ3n) is 4.22. The average molecular weight is 392 g/mol. The van der Waals surface area contributed by atoms with Gasteiger partial charge in [0.15, 0.2) is 0 Å². The predicted molar refractivity (Wildman–Crippen MR) is 96.0 cm³/mol. The van der Waals surface area contributed by atoms with Crippen molar-refractivity contribution in [1.29, 1.82) is 0 Å². The van der Waals surface area contributed by atoms with Crippen LogP contribution in [0.25, 0.3) is 11.0 Å². The number of nitrogens with zero attached hydrogens (tertiary/aromatic N) is 3. The van der Waals surface area contributed by atoms with Gasteiger partial charge in [0.1, 0.15) is 5.65 Å². The highest BCUT2D eigenvalue weighted by atomic mass is 19.4. The van der Waals surface area contributed by atoms with Crippen LogP contribution < -0.4 is 16.6 Å². The Morgan fingerprint density at radius 1 is 1.11 bits per heavy atom. The van der Waals surface area contributed by atoms with Crippen molar-refractivity contribution in [3.63, 3.8) is 0 Å². The van der Waals surface area contributed by atoms with Crippen molar-refractivity contribution in [1.82, 2.24) is 14.1 Å². The average Bonchev–Trinajstić information content (AvgIpc) is 2.64. The van der Waals surface area contributed by atoms with Crippen LogP contribution in [0.4, 0.5) is 18.9 Å². The SMILES string of the molecule is Cn1c(=O)c2cc(NC(=O)Cc3ccc(C(F)(F)F)cc3)cnc2n(C)c1=O. The minimum absolute atomic E-state index is 0.150. The van der Waals surface area contributed by atoms with Gasteiger partial charge in [-0.05, 0) is 23.8 Å². The number of nitrogens with one attached hydrogen (secondary N) is 1. The Bertz CT molecular complexity index is 1180. The molecule has 0 saturated heterocycles. The normalized spacial score (nSPS) is 11.6. The summed E-state index contributed by atoms with van der Waals surface area (Å²) in [6.07, 6.45) is -3.29. The van der Waals surface area contributed by atoms with E-state index in [9.17, 15) is 27.6 Å². The first-order valence-corrected chi connectivity index (χ1v) is 8.09. The monoisotopic (exact) mass is 392 g/mol. The third kappa shape index (κ3) is 3.66. The standard InChI is InChI=1S/C18H15F3N4O3/c1-24-15-13(16(27)25(2)17(24)28)8-12(9-22-15)23-14(26)7-10-3-5-11(6-4-10)18(19,20)21/h3-6,8-9H,7H2,1-2H3,(H,23,26). The van der Waals surface area contributed by atoms with Crippen LogP contribution in [0, 0.1) is 0 Å². The second-order valence-corrected chi connectivity index (χ2v) is 6.22. The Labute approximate surface area is 156 Å². The maximum Gasteiger partial charge on any atom is 0.416 e. The quantitative estimate of drug-likeness (QED) is 0.737. The molecule has 1 amide bonds. The lowest BCUT2D eigenvalue weighted by Gasteiger charge is -2.10. The molecule has 0 unspecified atom stereocenters. The van der Waals surface area contributed by atoms with E-state index in [-0.39, 0.29) is 23.1 Å². The third-order valence-corrected chi connectivity index (χ3v) is 4.22. The van der Waals surface area contributed by atoms with Gasteiger partial charge in [0.2, 0.25) is 5.91 Å². The van der Waals surface area contributed by atoms with Crippen LogP contribution in [0.1, 0.15) is 11.1 Å². The van der Waals surface area contributed by atoms with E-state index in [1.807, 2.05) is 0 Å². The van der Waals surface area contributed by atoms with Crippen LogP contribution in [-0.4, -0.2) is 20.0 Å². The minimum Gasteiger partial charge on any atom is -0.324 e. The molecule has 2 heterocycles. The highest BCUT2D eigenvalue weighted by Crippen LogP contribution is 2.29. The number of aryl methyl sites for hydroxylation is 1. The molecule has 10 heteroatoms. The van der Waals surface area contributed by atoms with Gasteiger partial charge in [0.05, 0.1) is 29.3 Å². The molecule has 0 fully saturated rings. The van der Waals surface area contributed by atoms with Gasteiger partial charge in [0.25, 0.3) is 5.56 Å². The number of aromatic nitrogens is 3. The Balaban J connectivity index is 1.82. The van der Waals surface area contributed by atoms with Crippen molar-refractivity contribution in [2.24, 2.45) is 14.1 Å². The predicted octanol–water partition coefficient (Wildman–Crippen LogP) is 1.83. The van der Waals surface area contributed by atoms with Gasteiger partial charge in [0, 0.05) is 14.1 Å². The number of alkyl halides is 3. The number of fused-ring (bicyclic) bond motifs is 1. The number of anilines is 1. The number of carbonyl (C=O) groups excluding carboxylic acids is 1. The molecule has 0 aliphatic rings. The smallest absolute Gasteiger partial charge is 0.324 e. The van der Waals surface area contributed by atoms with Crippen molar-refractivity contribution in [3.05, 3.63) is 68.5 Å². The molecule has 3 rings (SSSR count). The van der Waals surface area contributed by atoms with Gasteiger partial charge >= 0.3 is 11.9 Å². The van der Waals surface area contributed by atoms with Crippen molar-refractivity contribution in [3.8, 4) is 0 Å². The van der Waals surface area contributed by atoms with Gasteiger partial charge in [-0.2, -0.15) is 13.2 Å². The zero-order valence-corrected chi connectivity index (χ0v) is 14.9. The molecule has 146 valence electrons. The molecule has 0 atom stereocenters. The molecule has 0 aliphatic carbocycles. The number of halogens is 3. The van der Waals surface area contributed by atoms with Crippen molar-refractivity contribution in [2.45, 2.75) is 12.6 Å². The molecule has 0 spiro atoms. The summed E-state index contributed by atoms with van der Waals surface area (Å²) in [7, 11) is 2.81. The first-order chi connectivity index (χ1) is 13.1. The summed E-state index contributed by atoms with van der Waals surface area (Å²) in [4.78, 5) is 40.4. The van der Waals surface area contributed by atoms with Crippen molar-refractivity contribution < 1.29 is 18.0 Å². The van der Waals surface area contributed by atoms with Crippen molar-refractivity contribution in [2.75, 3.05) is 5.32 Å². The van der Waals surface area contributed by atoms with Crippen LogP contribution in [0.2, 0.25) is 0 Å². The van der Waals surface area contributed by atoms with E-state index in [1.54, 1.807) is 0 Å². The minimum atomic E-state index is -4.44. The lowest BCUT2D eigenvalue weighted by molar-refractivity contribution is -0.137. The number of rotatable bonds is 3. The molecule has 3 aromatic rings. The zero-order chi connectivity index (χ0) is 20.6. The molecule has 0 bridgehead atoms. The Morgan fingerprint density at radius 2 is 1.75 bits per heavy atom. The number of amides is 1. The highest BCUT2D eigenvalue weighted by Gasteiger charge is 2.29. The zero-order valence-electron chi connectivity index (χ0n) is 14.9. The second-order valence-electron chi connectivity index (χ2n) is 6.22. The fourth-order valence-electron chi connectivity index (χ4n) is 2.74. The molecule has 7 nitrogen and oxygen atoms in total. The molecular weight excluding hydrogens is 377 g/mol. The molecule has 1 N–H and O–H groups in total. The molecular formula is C18H15F3N4O3. The number of hydrogen-bond donors (Lipinski definition) is 1. The summed E-state index contributed by atoms with van der Waals surface area (Å²) in [6, 6.07) is 5.67. The Hall–Kier alpha value is -3.43. The Kier molecular flexibility index (Phi) is 4.80. The van der Waals surface area contributed by atoms with E-state index in [0.717, 1.165) is 16.7 Å². The van der Waals surface area contributed by atoms with Crippen LogP contribution in [0.5, 0.6) is 0 Å². The van der Waals surface area contributed by atoms with Gasteiger partial charge in [-0.3, -0.25) is 18.7 Å². The highest BCUT2D eigenvalue weighted by molar-refractivity contribution is 5.93. The number of hydrogen-bond acceptors (Lipinski definition) is 4. The van der Waals surface area contributed by atoms with E-state index in [4.69, 9.17) is 0 Å². The summed E-state index contributed by atoms with van der Waals surface area (Å²) in [5.41, 5.74) is -1.06. The van der Waals surface area contributed by atoms with Crippen molar-refractivity contribution >= 4 is 22.6 Å². The molecule has 28 heavy (non-hydrogen) atoms. The number of benzene rings is 1.